The van der Waals surface area contributed by atoms with Gasteiger partial charge in [0.2, 0.25) is 10.0 Å². The lowest BCUT2D eigenvalue weighted by Gasteiger charge is -2.42. The molecule has 0 amide bonds. The van der Waals surface area contributed by atoms with Gasteiger partial charge in [-0.1, -0.05) is 0 Å². The molecule has 0 fully saturated rings. The average molecular weight is 627 g/mol. The Hall–Kier alpha value is -1.32. The van der Waals surface area contributed by atoms with E-state index in [1.54, 1.807) is 21.1 Å². The van der Waals surface area contributed by atoms with Crippen LogP contribution in [0, 0.1) is 0 Å². The molecule has 0 aromatic rings. The molecule has 0 heterocycles. The first-order valence-corrected chi connectivity index (χ1v) is 11.3. The van der Waals surface area contributed by atoms with Crippen molar-refractivity contribution in [1.82, 2.24) is 4.72 Å². The van der Waals surface area contributed by atoms with Gasteiger partial charge in [-0.3, -0.25) is 0 Å². The van der Waals surface area contributed by atoms with Crippen molar-refractivity contribution in [2.75, 3.05) is 40.0 Å². The van der Waals surface area contributed by atoms with Crippen molar-refractivity contribution in [1.29, 1.82) is 0 Å². The summed E-state index contributed by atoms with van der Waals surface area (Å²) in [5, 5.41) is 0. The highest BCUT2D eigenvalue weighted by molar-refractivity contribution is 7.89. The van der Waals surface area contributed by atoms with E-state index in [1.165, 1.54) is 4.72 Å². The van der Waals surface area contributed by atoms with Crippen molar-refractivity contribution >= 4 is 10.0 Å². The number of hydrogen-bond donors (Lipinski definition) is 1. The second-order valence-corrected chi connectivity index (χ2v) is 10.9. The fourth-order valence-corrected chi connectivity index (χ4v) is 3.59. The third kappa shape index (κ3) is 6.52. The van der Waals surface area contributed by atoms with E-state index in [2.05, 4.69) is 0 Å². The Morgan fingerprint density at radius 3 is 1.26 bits per heavy atom. The molecule has 0 aliphatic heterocycles. The molecular weight excluding hydrogens is 607 g/mol. The maximum absolute atomic E-state index is 13.8. The zero-order valence-electron chi connectivity index (χ0n) is 19.1. The Balaban J connectivity index is 6.12. The highest BCUT2D eigenvalue weighted by Gasteiger charge is 2.95. The number of rotatable bonds is 14. The van der Waals surface area contributed by atoms with Gasteiger partial charge in [-0.25, -0.2) is 13.1 Å². The largest absolute Gasteiger partial charge is 0.460 e. The summed E-state index contributed by atoms with van der Waals surface area (Å²) in [6.45, 7) is -0.299. The van der Waals surface area contributed by atoms with Crippen molar-refractivity contribution < 1.29 is 87.5 Å². The number of quaternary nitrogens is 1. The van der Waals surface area contributed by atoms with Crippen LogP contribution in [0.3, 0.4) is 0 Å². The molecule has 0 aliphatic carbocycles. The fourth-order valence-electron chi connectivity index (χ4n) is 2.47. The maximum Gasteiger partial charge on any atom is 0.460 e. The fraction of sp³-hybridized carbons (Fsp3) is 1.00. The van der Waals surface area contributed by atoms with Gasteiger partial charge in [0.05, 0.1) is 33.4 Å². The summed E-state index contributed by atoms with van der Waals surface area (Å²) in [6.07, 6.45) is -10.9. The van der Waals surface area contributed by atoms with E-state index in [0.717, 1.165) is 0 Å². The smallest absolute Gasteiger partial charge is 0.331 e. The number of hydrogen-bond acceptors (Lipinski definition) is 2. The molecular formula is C16H20F17N2O2S+. The molecule has 0 aliphatic rings. The van der Waals surface area contributed by atoms with Crippen LogP contribution in [0.4, 0.5) is 74.6 Å². The molecule has 0 saturated heterocycles. The van der Waals surface area contributed by atoms with Crippen molar-refractivity contribution in [3.8, 4) is 0 Å². The minimum absolute atomic E-state index is 0.00850. The number of nitrogens with one attached hydrogen (secondary N) is 1. The van der Waals surface area contributed by atoms with E-state index >= 15 is 0 Å². The molecule has 0 atom stereocenters. The van der Waals surface area contributed by atoms with E-state index < -0.39 is 76.4 Å². The minimum Gasteiger partial charge on any atom is -0.331 e. The van der Waals surface area contributed by atoms with Gasteiger partial charge in [0.1, 0.15) is 0 Å². The van der Waals surface area contributed by atoms with E-state index in [-0.39, 0.29) is 17.4 Å². The van der Waals surface area contributed by atoms with Gasteiger partial charge in [-0.15, -0.1) is 0 Å². The number of alkyl halides is 17. The highest BCUT2D eigenvalue weighted by atomic mass is 32.2. The monoisotopic (exact) mass is 627 g/mol. The summed E-state index contributed by atoms with van der Waals surface area (Å²) < 4.78 is 249. The maximum atomic E-state index is 13.8. The lowest BCUT2D eigenvalue weighted by Crippen LogP contribution is -2.74. The molecule has 0 aromatic heterocycles. The quantitative estimate of drug-likeness (QED) is 0.159. The first-order chi connectivity index (χ1) is 16.2. The third-order valence-corrected chi connectivity index (χ3v) is 6.19. The Labute approximate surface area is 203 Å². The molecule has 0 saturated carbocycles. The third-order valence-electron chi connectivity index (χ3n) is 4.80. The molecule has 0 unspecified atom stereocenters. The predicted octanol–water partition coefficient (Wildman–Crippen LogP) is 5.40. The van der Waals surface area contributed by atoms with Gasteiger partial charge in [-0.05, 0) is 0 Å². The van der Waals surface area contributed by atoms with E-state index in [0.29, 0.717) is 0 Å². The van der Waals surface area contributed by atoms with Crippen LogP contribution >= 0.6 is 0 Å². The number of nitrogens with zero attached hydrogens (tertiary/aromatic N) is 1. The molecule has 0 spiro atoms. The molecule has 4 nitrogen and oxygen atoms in total. The second kappa shape index (κ2) is 10.3. The van der Waals surface area contributed by atoms with Crippen LogP contribution in [0.25, 0.3) is 0 Å². The standard InChI is InChI=1S/C16H20F17N2O2S/c1-35(2,3)7-4-6-34-38(36,37)8-5-9(17,18)10(19,20)11(21,22)12(23,24)13(25,26)14(27,28)15(29,30)16(31,32)33/h34H,4-8H2,1-3H3/q+1. The minimum atomic E-state index is -8.72. The number of sulfonamides is 1. The molecule has 0 radical (unpaired) electrons. The van der Waals surface area contributed by atoms with E-state index in [1.807, 2.05) is 0 Å². The Bertz CT molecular complexity index is 923. The topological polar surface area (TPSA) is 46.2 Å². The van der Waals surface area contributed by atoms with E-state index in [4.69, 9.17) is 0 Å². The zero-order chi connectivity index (χ0) is 31.2. The SMILES string of the molecule is C[N+](C)(C)CCCNS(=O)(=O)CCC(F)(F)C(F)(F)C(F)(F)C(F)(F)C(F)(F)C(F)(F)C(F)(F)C(F)(F)F. The van der Waals surface area contributed by atoms with Gasteiger partial charge in [0.25, 0.3) is 0 Å². The lowest BCUT2D eigenvalue weighted by atomic mass is 9.88. The van der Waals surface area contributed by atoms with Crippen molar-refractivity contribution in [2.45, 2.75) is 60.5 Å². The van der Waals surface area contributed by atoms with Crippen molar-refractivity contribution in [3.63, 3.8) is 0 Å². The van der Waals surface area contributed by atoms with Crippen LogP contribution in [0.2, 0.25) is 0 Å². The highest BCUT2D eigenvalue weighted by Crippen LogP contribution is 2.64. The Kier molecular flexibility index (Phi) is 9.90. The summed E-state index contributed by atoms with van der Waals surface area (Å²) in [5.74, 6) is -59.6. The summed E-state index contributed by atoms with van der Waals surface area (Å²) in [6, 6.07) is 0. The van der Waals surface area contributed by atoms with Crippen molar-refractivity contribution in [3.05, 3.63) is 0 Å². The van der Waals surface area contributed by atoms with Gasteiger partial charge < -0.3 is 4.48 Å². The summed E-state index contributed by atoms with van der Waals surface area (Å²) in [4.78, 5) is 0. The van der Waals surface area contributed by atoms with Crippen LogP contribution < -0.4 is 4.72 Å². The molecule has 230 valence electrons. The van der Waals surface area contributed by atoms with Crippen LogP contribution in [0.15, 0.2) is 0 Å². The zero-order valence-corrected chi connectivity index (χ0v) is 19.9. The molecule has 22 heteroatoms. The summed E-state index contributed by atoms with van der Waals surface area (Å²) >= 11 is 0. The van der Waals surface area contributed by atoms with E-state index in [9.17, 15) is 83.1 Å². The molecule has 1 N–H and O–H groups in total. The Morgan fingerprint density at radius 1 is 0.579 bits per heavy atom. The molecule has 0 rings (SSSR count). The Morgan fingerprint density at radius 2 is 0.921 bits per heavy atom. The number of halogens is 17. The summed E-state index contributed by atoms with van der Waals surface area (Å²) in [7, 11) is -0.191. The molecule has 0 aromatic carbocycles. The van der Waals surface area contributed by atoms with Crippen LogP contribution in [-0.2, 0) is 10.0 Å². The predicted molar refractivity (Wildman–Crippen MR) is 94.6 cm³/mol. The lowest BCUT2D eigenvalue weighted by molar-refractivity contribution is -0.870. The van der Waals surface area contributed by atoms with Crippen LogP contribution in [-0.4, -0.2) is 101 Å². The molecule has 38 heavy (non-hydrogen) atoms. The van der Waals surface area contributed by atoms with Crippen LogP contribution in [0.5, 0.6) is 0 Å². The van der Waals surface area contributed by atoms with Gasteiger partial charge in [0.15, 0.2) is 0 Å². The normalized spacial score (nSPS) is 16.2. The van der Waals surface area contributed by atoms with Gasteiger partial charge in [0, 0.05) is 19.4 Å². The second-order valence-electron chi connectivity index (χ2n) is 8.98. The first-order valence-electron chi connectivity index (χ1n) is 9.65. The first kappa shape index (κ1) is 36.7. The molecule has 0 bridgehead atoms. The van der Waals surface area contributed by atoms with Gasteiger partial charge in [-0.2, -0.15) is 74.6 Å². The summed E-state index contributed by atoms with van der Waals surface area (Å²) in [5.41, 5.74) is 0. The average Bonchev–Trinajstić information content (AvgIpc) is 2.67. The van der Waals surface area contributed by atoms with Crippen molar-refractivity contribution in [2.24, 2.45) is 0 Å². The van der Waals surface area contributed by atoms with Gasteiger partial charge >= 0.3 is 47.6 Å². The van der Waals surface area contributed by atoms with Crippen LogP contribution in [0.1, 0.15) is 12.8 Å².